The van der Waals surface area contributed by atoms with Gasteiger partial charge in [0, 0.05) is 12.7 Å². The molecule has 2 heterocycles. The molecule has 0 aliphatic heterocycles. The monoisotopic (exact) mass is 315 g/mol. The van der Waals surface area contributed by atoms with Gasteiger partial charge in [-0.3, -0.25) is 4.79 Å². The summed E-state index contributed by atoms with van der Waals surface area (Å²) in [5.74, 6) is 0. The quantitative estimate of drug-likeness (QED) is 0.757. The van der Waals surface area contributed by atoms with Gasteiger partial charge < -0.3 is 5.32 Å². The summed E-state index contributed by atoms with van der Waals surface area (Å²) in [6.45, 7) is 0.630. The van der Waals surface area contributed by atoms with Crippen molar-refractivity contribution in [3.05, 3.63) is 69.9 Å². The first-order valence-corrected chi connectivity index (χ1v) is 7.18. The molecule has 0 unspecified atom stereocenters. The van der Waals surface area contributed by atoms with Crippen LogP contribution < -0.4 is 10.9 Å². The van der Waals surface area contributed by atoms with Crippen LogP contribution in [0.15, 0.2) is 53.7 Å². The third-order valence-electron chi connectivity index (χ3n) is 3.18. The van der Waals surface area contributed by atoms with Crippen molar-refractivity contribution in [2.75, 3.05) is 11.9 Å². The van der Waals surface area contributed by atoms with Gasteiger partial charge in [-0.15, -0.1) is 0 Å². The van der Waals surface area contributed by atoms with Crippen molar-refractivity contribution in [3.8, 4) is 5.69 Å². The second-order valence-corrected chi connectivity index (χ2v) is 5.11. The van der Waals surface area contributed by atoms with Crippen LogP contribution in [-0.2, 0) is 6.42 Å². The van der Waals surface area contributed by atoms with E-state index in [1.165, 1.54) is 6.20 Å². The fourth-order valence-electron chi connectivity index (χ4n) is 2.06. The van der Waals surface area contributed by atoms with Crippen molar-refractivity contribution in [2.45, 2.75) is 6.42 Å². The minimum Gasteiger partial charge on any atom is -0.382 e. The van der Waals surface area contributed by atoms with Crippen LogP contribution in [0.1, 0.15) is 5.56 Å². The number of benzene rings is 1. The van der Waals surface area contributed by atoms with Gasteiger partial charge in [-0.25, -0.2) is 9.78 Å². The number of hydrogen-bond donors (Lipinski definition) is 2. The molecule has 7 heteroatoms. The van der Waals surface area contributed by atoms with Gasteiger partial charge in [-0.05, 0) is 24.1 Å². The molecule has 6 nitrogen and oxygen atoms in total. The van der Waals surface area contributed by atoms with Gasteiger partial charge in [0.15, 0.2) is 0 Å². The topological polar surface area (TPSA) is 75.6 Å². The molecule has 3 rings (SSSR count). The smallest absolute Gasteiger partial charge is 0.285 e. The van der Waals surface area contributed by atoms with Crippen LogP contribution in [0.4, 0.5) is 5.69 Å². The van der Waals surface area contributed by atoms with Crippen LogP contribution in [-0.4, -0.2) is 26.5 Å². The lowest BCUT2D eigenvalue weighted by Crippen LogP contribution is -2.13. The van der Waals surface area contributed by atoms with E-state index >= 15 is 0 Å². The number of nitrogens with one attached hydrogen (secondary N) is 2. The summed E-state index contributed by atoms with van der Waals surface area (Å²) in [5.41, 5.74) is 2.23. The molecule has 0 fully saturated rings. The Morgan fingerprint density at radius 1 is 1.23 bits per heavy atom. The van der Waals surface area contributed by atoms with E-state index in [0.717, 1.165) is 17.7 Å². The third-order valence-corrected chi connectivity index (χ3v) is 3.56. The Hall–Kier alpha value is -2.60. The van der Waals surface area contributed by atoms with E-state index in [0.29, 0.717) is 12.2 Å². The largest absolute Gasteiger partial charge is 0.382 e. The molecule has 112 valence electrons. The van der Waals surface area contributed by atoms with E-state index in [-0.39, 0.29) is 5.02 Å². The number of rotatable bonds is 5. The average molecular weight is 316 g/mol. The fraction of sp³-hybridized carbons (Fsp3) is 0.133. The average Bonchev–Trinajstić information content (AvgIpc) is 3.01. The molecule has 2 aromatic heterocycles. The van der Waals surface area contributed by atoms with Crippen LogP contribution in [0.5, 0.6) is 0 Å². The van der Waals surface area contributed by atoms with Crippen molar-refractivity contribution in [1.29, 1.82) is 0 Å². The summed E-state index contributed by atoms with van der Waals surface area (Å²) in [6, 6.07) is 9.91. The second-order valence-electron chi connectivity index (χ2n) is 4.73. The third kappa shape index (κ3) is 3.17. The molecule has 0 radical (unpaired) electrons. The lowest BCUT2D eigenvalue weighted by atomic mass is 10.2. The maximum absolute atomic E-state index is 11.3. The zero-order valence-electron chi connectivity index (χ0n) is 11.7. The Morgan fingerprint density at radius 2 is 2.05 bits per heavy atom. The molecule has 0 saturated carbocycles. The van der Waals surface area contributed by atoms with Gasteiger partial charge in [-0.2, -0.15) is 10.2 Å². The van der Waals surface area contributed by atoms with Gasteiger partial charge >= 0.3 is 0 Å². The molecule has 1 aromatic carbocycles. The van der Waals surface area contributed by atoms with Crippen LogP contribution >= 0.6 is 11.6 Å². The van der Waals surface area contributed by atoms with Crippen LogP contribution in [0.2, 0.25) is 5.02 Å². The Kier molecular flexibility index (Phi) is 4.20. The minimum atomic E-state index is -0.399. The standard InChI is InChI=1S/C15H14ClN5O/c16-14-13(9-18-20-15(14)22)17-7-6-11-8-19-21(10-11)12-4-2-1-3-5-12/h1-5,8-10H,6-7H2,(H2,17,20,22). The summed E-state index contributed by atoms with van der Waals surface area (Å²) in [7, 11) is 0. The maximum atomic E-state index is 11.3. The fourth-order valence-corrected chi connectivity index (χ4v) is 2.22. The first-order valence-electron chi connectivity index (χ1n) is 6.80. The lowest BCUT2D eigenvalue weighted by Gasteiger charge is -2.05. The molecule has 0 aliphatic rings. The molecule has 0 spiro atoms. The first-order chi connectivity index (χ1) is 10.7. The first kappa shape index (κ1) is 14.3. The molecule has 0 bridgehead atoms. The van der Waals surface area contributed by atoms with Crippen molar-refractivity contribution in [3.63, 3.8) is 0 Å². The Bertz CT molecular complexity index is 812. The molecule has 0 saturated heterocycles. The highest BCUT2D eigenvalue weighted by molar-refractivity contribution is 6.32. The van der Waals surface area contributed by atoms with Crippen LogP contribution in [0.25, 0.3) is 5.69 Å². The van der Waals surface area contributed by atoms with Gasteiger partial charge in [0.05, 0.1) is 23.8 Å². The predicted octanol–water partition coefficient (Wildman–Crippen LogP) is 2.26. The van der Waals surface area contributed by atoms with Crippen molar-refractivity contribution in [2.24, 2.45) is 0 Å². The van der Waals surface area contributed by atoms with E-state index in [9.17, 15) is 4.79 Å². The molecule has 0 amide bonds. The molecular formula is C15H14ClN5O. The molecule has 0 aliphatic carbocycles. The summed E-state index contributed by atoms with van der Waals surface area (Å²) in [5, 5.41) is 13.6. The zero-order valence-corrected chi connectivity index (χ0v) is 12.4. The number of aromatic amines is 1. The van der Waals surface area contributed by atoms with Crippen molar-refractivity contribution < 1.29 is 0 Å². The molecule has 2 N–H and O–H groups in total. The van der Waals surface area contributed by atoms with Gasteiger partial charge in [0.1, 0.15) is 5.02 Å². The Labute approximate surface area is 131 Å². The highest BCUT2D eigenvalue weighted by atomic mass is 35.5. The number of H-pyrrole nitrogens is 1. The number of hydrogen-bond acceptors (Lipinski definition) is 4. The number of para-hydroxylation sites is 1. The second kappa shape index (κ2) is 6.44. The minimum absolute atomic E-state index is 0.120. The van der Waals surface area contributed by atoms with Crippen molar-refractivity contribution in [1.82, 2.24) is 20.0 Å². The van der Waals surface area contributed by atoms with Crippen molar-refractivity contribution >= 4 is 17.3 Å². The number of anilines is 1. The summed E-state index contributed by atoms with van der Waals surface area (Å²) < 4.78 is 1.83. The molecule has 22 heavy (non-hydrogen) atoms. The van der Waals surface area contributed by atoms with Gasteiger partial charge in [-0.1, -0.05) is 29.8 Å². The Balaban J connectivity index is 1.62. The van der Waals surface area contributed by atoms with E-state index in [1.54, 1.807) is 0 Å². The van der Waals surface area contributed by atoms with Crippen LogP contribution in [0.3, 0.4) is 0 Å². The molecule has 0 atom stereocenters. The molecular weight excluding hydrogens is 302 g/mol. The summed E-state index contributed by atoms with van der Waals surface area (Å²) >= 11 is 5.90. The van der Waals surface area contributed by atoms with E-state index in [1.807, 2.05) is 47.4 Å². The zero-order chi connectivity index (χ0) is 15.4. The molecule has 3 aromatic rings. The Morgan fingerprint density at radius 3 is 2.86 bits per heavy atom. The van der Waals surface area contributed by atoms with E-state index in [2.05, 4.69) is 20.6 Å². The van der Waals surface area contributed by atoms with E-state index in [4.69, 9.17) is 11.6 Å². The van der Waals surface area contributed by atoms with Gasteiger partial charge in [0.25, 0.3) is 5.56 Å². The van der Waals surface area contributed by atoms with Crippen LogP contribution in [0, 0.1) is 0 Å². The predicted molar refractivity (Wildman–Crippen MR) is 85.6 cm³/mol. The number of halogens is 1. The highest BCUT2D eigenvalue weighted by Crippen LogP contribution is 2.14. The number of nitrogens with zero attached hydrogens (tertiary/aromatic N) is 3. The summed E-state index contributed by atoms with van der Waals surface area (Å²) in [4.78, 5) is 11.3. The normalized spacial score (nSPS) is 10.6. The highest BCUT2D eigenvalue weighted by Gasteiger charge is 2.05. The van der Waals surface area contributed by atoms with E-state index < -0.39 is 5.56 Å². The number of aromatic nitrogens is 4. The summed E-state index contributed by atoms with van der Waals surface area (Å²) in [6.07, 6.45) is 6.06. The maximum Gasteiger partial charge on any atom is 0.285 e. The lowest BCUT2D eigenvalue weighted by molar-refractivity contribution is 0.879. The SMILES string of the molecule is O=c1[nH]ncc(NCCc2cnn(-c3ccccc3)c2)c1Cl. The van der Waals surface area contributed by atoms with Gasteiger partial charge in [0.2, 0.25) is 0 Å².